The van der Waals surface area contributed by atoms with Gasteiger partial charge in [0.1, 0.15) is 5.82 Å². The molecule has 1 N–H and O–H groups in total. The van der Waals surface area contributed by atoms with Crippen molar-refractivity contribution in [2.24, 2.45) is 5.92 Å². The molecule has 2 aromatic rings. The monoisotopic (exact) mass is 399 g/mol. The lowest BCUT2D eigenvalue weighted by atomic mass is 10.0. The molecular formula is C17H22FN3OS3. The molecule has 0 fully saturated rings. The molecule has 136 valence electrons. The molecule has 0 saturated heterocycles. The first-order valence-corrected chi connectivity index (χ1v) is 10.3. The van der Waals surface area contributed by atoms with Crippen LogP contribution < -0.4 is 5.32 Å². The Hall–Kier alpha value is -1.25. The summed E-state index contributed by atoms with van der Waals surface area (Å²) >= 11 is 8.01. The van der Waals surface area contributed by atoms with E-state index in [0.717, 1.165) is 17.2 Å². The number of carbonyl (C=O) groups is 1. The molecule has 1 heterocycles. The fraction of sp³-hybridized carbons (Fsp3) is 0.471. The summed E-state index contributed by atoms with van der Waals surface area (Å²) in [4.78, 5) is 12.0. The summed E-state index contributed by atoms with van der Waals surface area (Å²) in [6, 6.07) is 6.17. The van der Waals surface area contributed by atoms with Crippen molar-refractivity contribution in [1.82, 2.24) is 15.1 Å². The molecule has 0 aliphatic heterocycles. The van der Waals surface area contributed by atoms with E-state index in [4.69, 9.17) is 12.2 Å². The number of nitrogens with zero attached hydrogens (tertiary/aromatic N) is 2. The van der Waals surface area contributed by atoms with Gasteiger partial charge < -0.3 is 5.32 Å². The lowest BCUT2D eigenvalue weighted by Crippen LogP contribution is -2.34. The lowest BCUT2D eigenvalue weighted by Gasteiger charge is -2.14. The maximum absolute atomic E-state index is 13.0. The quantitative estimate of drug-likeness (QED) is 0.510. The number of hydrogen-bond acceptors (Lipinski definition) is 5. The smallest absolute Gasteiger partial charge is 0.230 e. The number of nitrogens with one attached hydrogen (secondary N) is 1. The van der Waals surface area contributed by atoms with E-state index in [1.165, 1.54) is 35.2 Å². The normalized spacial score (nSPS) is 12.4. The predicted octanol–water partition coefficient (Wildman–Crippen LogP) is 4.84. The maximum atomic E-state index is 13.0. The Morgan fingerprint density at radius 3 is 2.64 bits per heavy atom. The van der Waals surface area contributed by atoms with E-state index in [0.29, 0.717) is 21.3 Å². The Bertz CT molecular complexity index is 755. The second-order valence-electron chi connectivity index (χ2n) is 6.25. The molecule has 1 atom stereocenters. The van der Waals surface area contributed by atoms with E-state index >= 15 is 0 Å². The van der Waals surface area contributed by atoms with Crippen molar-refractivity contribution in [3.63, 3.8) is 0 Å². The molecule has 4 nitrogen and oxygen atoms in total. The number of carbonyl (C=O) groups excluding carboxylic acids is 1. The minimum Gasteiger partial charge on any atom is -0.353 e. The predicted molar refractivity (Wildman–Crippen MR) is 105 cm³/mol. The molecule has 8 heteroatoms. The van der Waals surface area contributed by atoms with E-state index in [2.05, 4.69) is 24.3 Å². The Kier molecular flexibility index (Phi) is 7.58. The number of aromatic nitrogens is 2. The zero-order valence-electron chi connectivity index (χ0n) is 14.5. The van der Waals surface area contributed by atoms with Crippen molar-refractivity contribution >= 4 is 41.2 Å². The Morgan fingerprint density at radius 2 is 2.00 bits per heavy atom. The fourth-order valence-electron chi connectivity index (χ4n) is 2.16. The van der Waals surface area contributed by atoms with Crippen molar-refractivity contribution in [2.45, 2.75) is 44.0 Å². The SMILES string of the molecule is CC(C)CC[C@@H](C)NC(=O)CSc1nn(-c2ccc(F)cc2)c(=S)s1. The Balaban J connectivity index is 1.89. The highest BCUT2D eigenvalue weighted by Gasteiger charge is 2.11. The maximum Gasteiger partial charge on any atom is 0.230 e. The van der Waals surface area contributed by atoms with Gasteiger partial charge in [-0.15, -0.1) is 5.10 Å². The van der Waals surface area contributed by atoms with Gasteiger partial charge in [-0.3, -0.25) is 4.79 Å². The first-order chi connectivity index (χ1) is 11.8. The average Bonchev–Trinajstić information content (AvgIpc) is 2.93. The minimum atomic E-state index is -0.302. The molecule has 0 radical (unpaired) electrons. The van der Waals surface area contributed by atoms with Gasteiger partial charge in [0.05, 0.1) is 11.4 Å². The van der Waals surface area contributed by atoms with Crippen LogP contribution in [0.1, 0.15) is 33.6 Å². The van der Waals surface area contributed by atoms with Crippen molar-refractivity contribution < 1.29 is 9.18 Å². The number of halogens is 1. The second kappa shape index (κ2) is 9.45. The van der Waals surface area contributed by atoms with Gasteiger partial charge in [-0.2, -0.15) is 0 Å². The van der Waals surface area contributed by atoms with Crippen LogP contribution in [0.25, 0.3) is 5.69 Å². The fourth-order valence-corrected chi connectivity index (χ4v) is 4.34. The van der Waals surface area contributed by atoms with Gasteiger partial charge in [-0.1, -0.05) is 36.9 Å². The molecule has 0 unspecified atom stereocenters. The third-order valence-corrected chi connectivity index (χ3v) is 5.88. The molecule has 0 spiro atoms. The second-order valence-corrected chi connectivity index (χ2v) is 9.10. The van der Waals surface area contributed by atoms with Crippen LogP contribution in [0.3, 0.4) is 0 Å². The molecule has 0 bridgehead atoms. The Morgan fingerprint density at radius 1 is 1.32 bits per heavy atom. The topological polar surface area (TPSA) is 46.9 Å². The van der Waals surface area contributed by atoms with E-state index in [1.54, 1.807) is 16.8 Å². The number of benzene rings is 1. The molecule has 0 aliphatic carbocycles. The van der Waals surface area contributed by atoms with E-state index in [-0.39, 0.29) is 17.8 Å². The summed E-state index contributed by atoms with van der Waals surface area (Å²) in [6.07, 6.45) is 2.07. The third kappa shape index (κ3) is 6.52. The summed E-state index contributed by atoms with van der Waals surface area (Å²) in [7, 11) is 0. The average molecular weight is 400 g/mol. The van der Waals surface area contributed by atoms with Gasteiger partial charge in [0, 0.05) is 6.04 Å². The van der Waals surface area contributed by atoms with Gasteiger partial charge in [0.15, 0.2) is 8.29 Å². The number of hydrogen-bond donors (Lipinski definition) is 1. The zero-order chi connectivity index (χ0) is 18.4. The molecular weight excluding hydrogens is 377 g/mol. The van der Waals surface area contributed by atoms with Gasteiger partial charge in [-0.25, -0.2) is 9.07 Å². The molecule has 1 aromatic heterocycles. The zero-order valence-corrected chi connectivity index (χ0v) is 16.9. The molecule has 2 rings (SSSR count). The first-order valence-electron chi connectivity index (χ1n) is 8.13. The van der Waals surface area contributed by atoms with Crippen LogP contribution in [0.15, 0.2) is 28.6 Å². The van der Waals surface area contributed by atoms with Crippen LogP contribution in [0.2, 0.25) is 0 Å². The lowest BCUT2D eigenvalue weighted by molar-refractivity contribution is -0.119. The number of rotatable bonds is 8. The van der Waals surface area contributed by atoms with Crippen LogP contribution in [0, 0.1) is 15.7 Å². The van der Waals surface area contributed by atoms with Crippen molar-refractivity contribution in [3.05, 3.63) is 34.0 Å². The summed E-state index contributed by atoms with van der Waals surface area (Å²) in [5, 5.41) is 7.42. The van der Waals surface area contributed by atoms with Gasteiger partial charge in [0.25, 0.3) is 0 Å². The van der Waals surface area contributed by atoms with Crippen LogP contribution in [0.5, 0.6) is 0 Å². The van der Waals surface area contributed by atoms with Crippen molar-refractivity contribution in [1.29, 1.82) is 0 Å². The van der Waals surface area contributed by atoms with Crippen LogP contribution in [-0.4, -0.2) is 27.5 Å². The van der Waals surface area contributed by atoms with Crippen LogP contribution >= 0.6 is 35.3 Å². The van der Waals surface area contributed by atoms with Gasteiger partial charge in [-0.05, 0) is 62.2 Å². The minimum absolute atomic E-state index is 0.00398. The summed E-state index contributed by atoms with van der Waals surface area (Å²) in [5.41, 5.74) is 0.709. The van der Waals surface area contributed by atoms with Crippen molar-refractivity contribution in [3.8, 4) is 5.69 Å². The molecule has 0 saturated carbocycles. The third-order valence-electron chi connectivity index (χ3n) is 3.51. The number of thioether (sulfide) groups is 1. The highest BCUT2D eigenvalue weighted by atomic mass is 32.2. The summed E-state index contributed by atoms with van der Waals surface area (Å²) in [6.45, 7) is 6.38. The molecule has 0 aliphatic rings. The van der Waals surface area contributed by atoms with E-state index in [1.807, 2.05) is 6.92 Å². The highest BCUT2D eigenvalue weighted by Crippen LogP contribution is 2.24. The first kappa shape index (κ1) is 20.1. The molecule has 1 amide bonds. The van der Waals surface area contributed by atoms with E-state index in [9.17, 15) is 9.18 Å². The van der Waals surface area contributed by atoms with Gasteiger partial charge in [0.2, 0.25) is 5.91 Å². The highest BCUT2D eigenvalue weighted by molar-refractivity contribution is 8.01. The Labute approximate surface area is 160 Å². The van der Waals surface area contributed by atoms with Gasteiger partial charge >= 0.3 is 0 Å². The molecule has 25 heavy (non-hydrogen) atoms. The van der Waals surface area contributed by atoms with Crippen LogP contribution in [-0.2, 0) is 4.79 Å². The standard InChI is InChI=1S/C17H22FN3OS3/c1-11(2)4-5-12(3)19-15(22)10-24-16-20-21(17(23)25-16)14-8-6-13(18)7-9-14/h6-9,11-12H,4-5,10H2,1-3H3,(H,19,22)/t12-/m1/s1. The van der Waals surface area contributed by atoms with E-state index < -0.39 is 0 Å². The summed E-state index contributed by atoms with van der Waals surface area (Å²) < 4.78 is 15.9. The summed E-state index contributed by atoms with van der Waals surface area (Å²) in [5.74, 6) is 0.632. The number of amides is 1. The molecule has 1 aromatic carbocycles. The largest absolute Gasteiger partial charge is 0.353 e. The van der Waals surface area contributed by atoms with Crippen molar-refractivity contribution in [2.75, 3.05) is 5.75 Å². The van der Waals surface area contributed by atoms with Crippen LogP contribution in [0.4, 0.5) is 4.39 Å².